The molecule has 4 heteroatoms. The summed E-state index contributed by atoms with van der Waals surface area (Å²) in [5.74, 6) is 0.0920. The van der Waals surface area contributed by atoms with Crippen molar-refractivity contribution in [3.63, 3.8) is 0 Å². The molecule has 82 valence electrons. The van der Waals surface area contributed by atoms with Crippen LogP contribution in [-0.2, 0) is 0 Å². The van der Waals surface area contributed by atoms with Crippen LogP contribution in [0.4, 0.5) is 0 Å². The molecule has 1 fully saturated rings. The second kappa shape index (κ2) is 4.77. The molecule has 0 radical (unpaired) electrons. The number of hydrogen-bond acceptors (Lipinski definition) is 3. The van der Waals surface area contributed by atoms with Crippen LogP contribution < -0.4 is 10.6 Å². The molecular formula is C11H16N2OS. The molecule has 1 saturated heterocycles. The van der Waals surface area contributed by atoms with Gasteiger partial charge < -0.3 is 10.6 Å². The van der Waals surface area contributed by atoms with E-state index in [2.05, 4.69) is 10.6 Å². The number of carbonyl (C=O) groups is 1. The van der Waals surface area contributed by atoms with E-state index >= 15 is 0 Å². The van der Waals surface area contributed by atoms with Gasteiger partial charge in [0.05, 0.1) is 4.88 Å². The monoisotopic (exact) mass is 224 g/mol. The minimum absolute atomic E-state index is 0.0920. The van der Waals surface area contributed by atoms with Gasteiger partial charge in [-0.05, 0) is 49.9 Å². The Labute approximate surface area is 93.9 Å². The molecule has 2 N–H and O–H groups in total. The molecule has 0 aliphatic carbocycles. The van der Waals surface area contributed by atoms with Crippen LogP contribution in [0.5, 0.6) is 0 Å². The summed E-state index contributed by atoms with van der Waals surface area (Å²) in [5, 5.41) is 8.34. The Bertz CT molecular complexity index is 342. The maximum atomic E-state index is 11.9. The van der Waals surface area contributed by atoms with Crippen LogP contribution in [0.25, 0.3) is 0 Å². The zero-order valence-electron chi connectivity index (χ0n) is 8.88. The molecule has 1 aromatic heterocycles. The van der Waals surface area contributed by atoms with Crippen molar-refractivity contribution >= 4 is 17.2 Å². The molecular weight excluding hydrogens is 208 g/mol. The summed E-state index contributed by atoms with van der Waals surface area (Å²) in [6, 6.07) is 2.34. The summed E-state index contributed by atoms with van der Waals surface area (Å²) >= 11 is 1.52. The van der Waals surface area contributed by atoms with E-state index in [9.17, 15) is 4.79 Å². The number of nitrogens with one attached hydrogen (secondary N) is 2. The van der Waals surface area contributed by atoms with Gasteiger partial charge in [-0.2, -0.15) is 0 Å². The highest BCUT2D eigenvalue weighted by molar-refractivity contribution is 7.12. The van der Waals surface area contributed by atoms with Crippen LogP contribution in [0, 0.1) is 6.92 Å². The fourth-order valence-corrected chi connectivity index (χ4v) is 2.65. The SMILES string of the molecule is Cc1ccsc1C(=O)NC1CCNCC1. The van der Waals surface area contributed by atoms with Crippen molar-refractivity contribution in [3.05, 3.63) is 21.9 Å². The van der Waals surface area contributed by atoms with Gasteiger partial charge in [0.25, 0.3) is 5.91 Å². The number of carbonyl (C=O) groups excluding carboxylic acids is 1. The zero-order chi connectivity index (χ0) is 10.7. The van der Waals surface area contributed by atoms with Crippen molar-refractivity contribution in [1.29, 1.82) is 0 Å². The Kier molecular flexibility index (Phi) is 3.38. The fourth-order valence-electron chi connectivity index (χ4n) is 1.82. The van der Waals surface area contributed by atoms with Crippen molar-refractivity contribution in [2.24, 2.45) is 0 Å². The van der Waals surface area contributed by atoms with E-state index in [1.807, 2.05) is 18.4 Å². The number of rotatable bonds is 2. The fraction of sp³-hybridized carbons (Fsp3) is 0.545. The number of hydrogen-bond donors (Lipinski definition) is 2. The quantitative estimate of drug-likeness (QED) is 0.800. The molecule has 15 heavy (non-hydrogen) atoms. The summed E-state index contributed by atoms with van der Waals surface area (Å²) in [5.41, 5.74) is 1.08. The first kappa shape index (κ1) is 10.6. The maximum Gasteiger partial charge on any atom is 0.261 e. The number of amides is 1. The summed E-state index contributed by atoms with van der Waals surface area (Å²) in [6.45, 7) is 4.00. The van der Waals surface area contributed by atoms with Gasteiger partial charge in [-0.25, -0.2) is 0 Å². The smallest absolute Gasteiger partial charge is 0.261 e. The van der Waals surface area contributed by atoms with Gasteiger partial charge in [-0.15, -0.1) is 11.3 Å². The van der Waals surface area contributed by atoms with Gasteiger partial charge in [0.1, 0.15) is 0 Å². The minimum atomic E-state index is 0.0920. The van der Waals surface area contributed by atoms with Crippen LogP contribution in [0.1, 0.15) is 28.1 Å². The molecule has 0 aromatic carbocycles. The van der Waals surface area contributed by atoms with Gasteiger partial charge in [0.2, 0.25) is 0 Å². The Morgan fingerprint density at radius 1 is 1.53 bits per heavy atom. The van der Waals surface area contributed by atoms with E-state index in [1.54, 1.807) is 0 Å². The zero-order valence-corrected chi connectivity index (χ0v) is 9.69. The number of piperidine rings is 1. The summed E-state index contributed by atoms with van der Waals surface area (Å²) in [6.07, 6.45) is 2.08. The van der Waals surface area contributed by atoms with Gasteiger partial charge in [0, 0.05) is 6.04 Å². The normalized spacial score (nSPS) is 17.7. The first-order chi connectivity index (χ1) is 7.27. The topological polar surface area (TPSA) is 41.1 Å². The third-order valence-electron chi connectivity index (χ3n) is 2.74. The highest BCUT2D eigenvalue weighted by Crippen LogP contribution is 2.16. The Morgan fingerprint density at radius 2 is 2.27 bits per heavy atom. The molecule has 2 rings (SSSR count). The average molecular weight is 224 g/mol. The van der Waals surface area contributed by atoms with Crippen LogP contribution >= 0.6 is 11.3 Å². The molecule has 1 amide bonds. The Morgan fingerprint density at radius 3 is 2.87 bits per heavy atom. The first-order valence-corrected chi connectivity index (χ1v) is 6.21. The Balaban J connectivity index is 1.94. The van der Waals surface area contributed by atoms with Gasteiger partial charge in [0.15, 0.2) is 0 Å². The van der Waals surface area contributed by atoms with Crippen LogP contribution in [0.15, 0.2) is 11.4 Å². The molecule has 1 aliphatic rings. The molecule has 1 aliphatic heterocycles. The lowest BCUT2D eigenvalue weighted by Crippen LogP contribution is -2.42. The number of aryl methyl sites for hydroxylation is 1. The van der Waals surface area contributed by atoms with E-state index in [-0.39, 0.29) is 5.91 Å². The summed E-state index contributed by atoms with van der Waals surface area (Å²) in [7, 11) is 0. The van der Waals surface area contributed by atoms with Crippen molar-refractivity contribution in [1.82, 2.24) is 10.6 Å². The second-order valence-corrected chi connectivity index (χ2v) is 4.85. The molecule has 3 nitrogen and oxygen atoms in total. The lowest BCUT2D eigenvalue weighted by Gasteiger charge is -2.23. The van der Waals surface area contributed by atoms with E-state index < -0.39 is 0 Å². The Hall–Kier alpha value is -0.870. The van der Waals surface area contributed by atoms with Crippen LogP contribution in [-0.4, -0.2) is 25.0 Å². The minimum Gasteiger partial charge on any atom is -0.349 e. The lowest BCUT2D eigenvalue weighted by molar-refractivity contribution is 0.0933. The van der Waals surface area contributed by atoms with E-state index in [4.69, 9.17) is 0 Å². The lowest BCUT2D eigenvalue weighted by atomic mass is 10.1. The van der Waals surface area contributed by atoms with E-state index in [1.165, 1.54) is 11.3 Å². The predicted octanol–water partition coefficient (Wildman–Crippen LogP) is 1.54. The predicted molar refractivity (Wildman–Crippen MR) is 62.4 cm³/mol. The standard InChI is InChI=1S/C11H16N2OS/c1-8-4-7-15-10(8)11(14)13-9-2-5-12-6-3-9/h4,7,9,12H,2-3,5-6H2,1H3,(H,13,14). The molecule has 0 spiro atoms. The molecule has 0 bridgehead atoms. The highest BCUT2D eigenvalue weighted by Gasteiger charge is 2.17. The highest BCUT2D eigenvalue weighted by atomic mass is 32.1. The van der Waals surface area contributed by atoms with Gasteiger partial charge >= 0.3 is 0 Å². The van der Waals surface area contributed by atoms with Crippen molar-refractivity contribution in [3.8, 4) is 0 Å². The molecule has 0 unspecified atom stereocenters. The van der Waals surface area contributed by atoms with Crippen molar-refractivity contribution in [2.45, 2.75) is 25.8 Å². The third-order valence-corrected chi connectivity index (χ3v) is 3.76. The summed E-state index contributed by atoms with van der Waals surface area (Å²) in [4.78, 5) is 12.7. The van der Waals surface area contributed by atoms with Crippen molar-refractivity contribution in [2.75, 3.05) is 13.1 Å². The van der Waals surface area contributed by atoms with E-state index in [0.717, 1.165) is 36.4 Å². The van der Waals surface area contributed by atoms with E-state index in [0.29, 0.717) is 6.04 Å². The van der Waals surface area contributed by atoms with Crippen LogP contribution in [0.3, 0.4) is 0 Å². The van der Waals surface area contributed by atoms with Crippen molar-refractivity contribution < 1.29 is 4.79 Å². The number of thiophene rings is 1. The molecule has 0 saturated carbocycles. The van der Waals surface area contributed by atoms with Crippen LogP contribution in [0.2, 0.25) is 0 Å². The largest absolute Gasteiger partial charge is 0.349 e. The van der Waals surface area contributed by atoms with Gasteiger partial charge in [-0.1, -0.05) is 0 Å². The average Bonchev–Trinajstić information content (AvgIpc) is 2.66. The molecule has 1 aromatic rings. The second-order valence-electron chi connectivity index (χ2n) is 3.93. The summed E-state index contributed by atoms with van der Waals surface area (Å²) < 4.78 is 0. The first-order valence-electron chi connectivity index (χ1n) is 5.33. The van der Waals surface area contributed by atoms with Gasteiger partial charge in [-0.3, -0.25) is 4.79 Å². The molecule has 0 atom stereocenters. The third kappa shape index (κ3) is 2.58. The maximum absolute atomic E-state index is 11.9. The molecule has 2 heterocycles.